The molecule has 4 rings (SSSR count). The zero-order chi connectivity index (χ0) is 21.1. The first-order chi connectivity index (χ1) is 14.5. The van der Waals surface area contributed by atoms with Crippen LogP contribution < -0.4 is 4.90 Å². The van der Waals surface area contributed by atoms with Gasteiger partial charge in [0.2, 0.25) is 0 Å². The number of aromatic nitrogens is 1. The third kappa shape index (κ3) is 4.49. The molecule has 1 aromatic heterocycles. The Morgan fingerprint density at radius 1 is 1.33 bits per heavy atom. The molecule has 0 saturated carbocycles. The van der Waals surface area contributed by atoms with E-state index < -0.39 is 11.9 Å². The van der Waals surface area contributed by atoms with Gasteiger partial charge in [0, 0.05) is 31.2 Å². The van der Waals surface area contributed by atoms with Crippen molar-refractivity contribution in [1.29, 1.82) is 5.26 Å². The van der Waals surface area contributed by atoms with E-state index in [2.05, 4.69) is 23.7 Å². The van der Waals surface area contributed by atoms with Gasteiger partial charge >= 0.3 is 0 Å². The molecule has 30 heavy (non-hydrogen) atoms. The number of hydrogen-bond acceptors (Lipinski definition) is 6. The molecule has 2 aliphatic rings. The molecular weight excluding hydrogens is 401 g/mol. The lowest BCUT2D eigenvalue weighted by molar-refractivity contribution is 0.130. The van der Waals surface area contributed by atoms with Gasteiger partial charge in [0.05, 0.1) is 17.9 Å². The van der Waals surface area contributed by atoms with Crippen molar-refractivity contribution >= 4 is 16.5 Å². The standard InChI is InChI=1S/C23H24FN3O2S/c1-15-6-9-27(10-7-15)23-26-22(16-2-3-17(13-25)19(24)12-16)21(30-23)5-4-20(28)18-8-11-29-14-18/h2-3,12,15,18,20,28H,6-11,14H2,1H3. The molecule has 7 heteroatoms. The molecule has 0 aliphatic carbocycles. The van der Waals surface area contributed by atoms with Crippen molar-refractivity contribution in [3.63, 3.8) is 0 Å². The normalized spacial score (nSPS) is 20.5. The lowest BCUT2D eigenvalue weighted by atomic mass is 10.00. The molecule has 1 N–H and O–H groups in total. The summed E-state index contributed by atoms with van der Waals surface area (Å²) < 4.78 is 19.6. The van der Waals surface area contributed by atoms with Crippen LogP contribution >= 0.6 is 11.3 Å². The highest BCUT2D eigenvalue weighted by Gasteiger charge is 2.24. The highest BCUT2D eigenvalue weighted by molar-refractivity contribution is 7.16. The topological polar surface area (TPSA) is 69.4 Å². The SMILES string of the molecule is CC1CCN(c2nc(-c3ccc(C#N)c(F)c3)c(C#CC(O)C3CCOC3)s2)CC1. The largest absolute Gasteiger partial charge is 0.381 e. The number of halogens is 1. The van der Waals surface area contributed by atoms with E-state index in [1.165, 1.54) is 23.5 Å². The Bertz CT molecular complexity index is 1010. The number of ether oxygens (including phenoxy) is 1. The van der Waals surface area contributed by atoms with E-state index >= 15 is 0 Å². The van der Waals surface area contributed by atoms with E-state index in [0.717, 1.165) is 37.5 Å². The highest BCUT2D eigenvalue weighted by atomic mass is 32.1. The molecule has 2 unspecified atom stereocenters. The van der Waals surface area contributed by atoms with Crippen molar-refractivity contribution < 1.29 is 14.2 Å². The predicted octanol–water partition coefficient (Wildman–Crippen LogP) is 3.81. The van der Waals surface area contributed by atoms with Crippen LogP contribution in [0, 0.1) is 40.8 Å². The second-order valence-electron chi connectivity index (χ2n) is 7.99. The van der Waals surface area contributed by atoms with Crippen molar-refractivity contribution in [3.05, 3.63) is 34.5 Å². The average Bonchev–Trinajstić information content (AvgIpc) is 3.43. The monoisotopic (exact) mass is 425 g/mol. The number of piperidine rings is 1. The molecule has 0 bridgehead atoms. The summed E-state index contributed by atoms with van der Waals surface area (Å²) in [4.78, 5) is 7.74. The van der Waals surface area contributed by atoms with E-state index in [4.69, 9.17) is 15.0 Å². The molecule has 1 aromatic carbocycles. The zero-order valence-electron chi connectivity index (χ0n) is 16.9. The number of rotatable bonds is 3. The summed E-state index contributed by atoms with van der Waals surface area (Å²) in [6, 6.07) is 6.35. The van der Waals surface area contributed by atoms with Gasteiger partial charge < -0.3 is 14.7 Å². The molecule has 2 aliphatic heterocycles. The Morgan fingerprint density at radius 3 is 2.80 bits per heavy atom. The Hall–Kier alpha value is -2.45. The minimum Gasteiger partial charge on any atom is -0.381 e. The summed E-state index contributed by atoms with van der Waals surface area (Å²) in [5.41, 5.74) is 1.19. The van der Waals surface area contributed by atoms with Crippen LogP contribution in [0.25, 0.3) is 11.3 Å². The lowest BCUT2D eigenvalue weighted by Crippen LogP contribution is -2.32. The molecule has 0 amide bonds. The van der Waals surface area contributed by atoms with Crippen molar-refractivity contribution in [2.45, 2.75) is 32.3 Å². The third-order valence-corrected chi connectivity index (χ3v) is 6.81. The highest BCUT2D eigenvalue weighted by Crippen LogP contribution is 2.35. The summed E-state index contributed by atoms with van der Waals surface area (Å²) >= 11 is 1.47. The number of aliphatic hydroxyl groups is 1. The van der Waals surface area contributed by atoms with Gasteiger partial charge in [-0.3, -0.25) is 0 Å². The lowest BCUT2D eigenvalue weighted by Gasteiger charge is -2.29. The Balaban J connectivity index is 1.68. The predicted molar refractivity (Wildman–Crippen MR) is 115 cm³/mol. The molecule has 2 atom stereocenters. The number of nitrogens with zero attached hydrogens (tertiary/aromatic N) is 3. The smallest absolute Gasteiger partial charge is 0.187 e. The van der Waals surface area contributed by atoms with E-state index in [9.17, 15) is 9.50 Å². The summed E-state index contributed by atoms with van der Waals surface area (Å²) in [6.45, 7) is 5.30. The van der Waals surface area contributed by atoms with Gasteiger partial charge in [-0.1, -0.05) is 36.2 Å². The van der Waals surface area contributed by atoms with E-state index in [0.29, 0.717) is 35.3 Å². The van der Waals surface area contributed by atoms with E-state index in [-0.39, 0.29) is 11.5 Å². The quantitative estimate of drug-likeness (QED) is 0.758. The molecule has 3 heterocycles. The molecule has 0 radical (unpaired) electrons. The van der Waals surface area contributed by atoms with Gasteiger partial charge in [0.1, 0.15) is 22.9 Å². The second kappa shape index (κ2) is 9.14. The van der Waals surface area contributed by atoms with Crippen LogP contribution in [0.5, 0.6) is 0 Å². The van der Waals surface area contributed by atoms with E-state index in [1.54, 1.807) is 6.07 Å². The molecule has 5 nitrogen and oxygen atoms in total. The molecular formula is C23H24FN3O2S. The van der Waals surface area contributed by atoms with Crippen molar-refractivity contribution in [2.24, 2.45) is 11.8 Å². The van der Waals surface area contributed by atoms with Crippen molar-refractivity contribution in [1.82, 2.24) is 4.98 Å². The van der Waals surface area contributed by atoms with Gasteiger partial charge in [0.15, 0.2) is 5.13 Å². The minimum atomic E-state index is -0.764. The fourth-order valence-corrected chi connectivity index (χ4v) is 4.74. The van der Waals surface area contributed by atoms with Crippen LogP contribution in [-0.4, -0.2) is 42.5 Å². The molecule has 2 fully saturated rings. The molecule has 0 spiro atoms. The van der Waals surface area contributed by atoms with Crippen LogP contribution in [0.3, 0.4) is 0 Å². The second-order valence-corrected chi connectivity index (χ2v) is 8.97. The van der Waals surface area contributed by atoms with Crippen LogP contribution in [0.4, 0.5) is 9.52 Å². The maximum atomic E-state index is 14.2. The fourth-order valence-electron chi connectivity index (χ4n) is 3.74. The number of benzene rings is 1. The molecule has 2 saturated heterocycles. The van der Waals surface area contributed by atoms with Gasteiger partial charge in [0.25, 0.3) is 0 Å². The van der Waals surface area contributed by atoms with Gasteiger partial charge in [-0.25, -0.2) is 9.37 Å². The number of hydrogen-bond donors (Lipinski definition) is 1. The van der Waals surface area contributed by atoms with Crippen LogP contribution in [0.15, 0.2) is 18.2 Å². The fraction of sp³-hybridized carbons (Fsp3) is 0.478. The maximum Gasteiger partial charge on any atom is 0.187 e. The number of aliphatic hydroxyl groups excluding tert-OH is 1. The summed E-state index contributed by atoms with van der Waals surface area (Å²) in [5, 5.41) is 20.3. The number of anilines is 1. The zero-order valence-corrected chi connectivity index (χ0v) is 17.7. The third-order valence-electron chi connectivity index (χ3n) is 5.78. The first kappa shape index (κ1) is 20.8. The van der Waals surface area contributed by atoms with Crippen LogP contribution in [-0.2, 0) is 4.74 Å². The number of nitriles is 1. The Kier molecular flexibility index (Phi) is 6.34. The summed E-state index contributed by atoms with van der Waals surface area (Å²) in [6.07, 6.45) is 2.26. The first-order valence-corrected chi connectivity index (χ1v) is 11.1. The first-order valence-electron chi connectivity index (χ1n) is 10.3. The number of thiazole rings is 1. The maximum absolute atomic E-state index is 14.2. The van der Waals surface area contributed by atoms with Crippen molar-refractivity contribution in [2.75, 3.05) is 31.2 Å². The Labute approximate surface area is 180 Å². The molecule has 156 valence electrons. The van der Waals surface area contributed by atoms with Gasteiger partial charge in [-0.2, -0.15) is 5.26 Å². The van der Waals surface area contributed by atoms with Crippen LogP contribution in [0.1, 0.15) is 36.6 Å². The van der Waals surface area contributed by atoms with Gasteiger partial charge in [-0.05, 0) is 37.3 Å². The van der Waals surface area contributed by atoms with Crippen LogP contribution in [0.2, 0.25) is 0 Å². The minimum absolute atomic E-state index is 0.00325. The summed E-state index contributed by atoms with van der Waals surface area (Å²) in [5.74, 6) is 6.19. The Morgan fingerprint density at radius 2 is 2.13 bits per heavy atom. The average molecular weight is 426 g/mol. The van der Waals surface area contributed by atoms with E-state index in [1.807, 2.05) is 6.07 Å². The summed E-state index contributed by atoms with van der Waals surface area (Å²) in [7, 11) is 0. The van der Waals surface area contributed by atoms with Gasteiger partial charge in [-0.15, -0.1) is 0 Å². The van der Waals surface area contributed by atoms with Crippen molar-refractivity contribution in [3.8, 4) is 29.2 Å². The molecule has 2 aromatic rings.